The van der Waals surface area contributed by atoms with Crippen molar-refractivity contribution in [3.8, 4) is 0 Å². The average molecular weight is 231 g/mol. The molecular formula is C9H14NO4P. The summed E-state index contributed by atoms with van der Waals surface area (Å²) in [4.78, 5) is 21.7. The summed E-state index contributed by atoms with van der Waals surface area (Å²) in [6.07, 6.45) is -0.679. The molecule has 1 aromatic rings. The van der Waals surface area contributed by atoms with Crippen molar-refractivity contribution >= 4 is 18.6 Å². The van der Waals surface area contributed by atoms with Gasteiger partial charge in [0.05, 0.1) is 6.42 Å². The first-order valence-corrected chi connectivity index (χ1v) is 5.91. The average Bonchev–Trinajstić information content (AvgIpc) is 2.16. The third-order valence-electron chi connectivity index (χ3n) is 1.77. The molecule has 5 N–H and O–H groups in total. The van der Waals surface area contributed by atoms with Gasteiger partial charge in [-0.1, -0.05) is 30.3 Å². The number of benzene rings is 1. The molecule has 84 valence electrons. The van der Waals surface area contributed by atoms with Crippen molar-refractivity contribution in [2.24, 2.45) is 0 Å². The fourth-order valence-corrected chi connectivity index (χ4v) is 2.40. The van der Waals surface area contributed by atoms with Crippen LogP contribution >= 0.6 is 7.37 Å². The highest BCUT2D eigenvalue weighted by atomic mass is 31.2. The number of carboxylic acid groups (broad SMARTS) is 1. The molecule has 0 radical (unpaired) electrons. The predicted octanol–water partition coefficient (Wildman–Crippen LogP) is 0.801. The predicted molar refractivity (Wildman–Crippen MR) is 56.8 cm³/mol. The van der Waals surface area contributed by atoms with E-state index >= 15 is 0 Å². The second kappa shape index (κ2) is 5.66. The van der Waals surface area contributed by atoms with Gasteiger partial charge in [-0.15, -0.1) is 0 Å². The Balaban J connectivity index is 0.00000196. The Hall–Kier alpha value is -1.16. The topological polar surface area (TPSA) is 114 Å². The minimum Gasteiger partial charge on any atom is -0.796 e. The Morgan fingerprint density at radius 3 is 2.33 bits per heavy atom. The van der Waals surface area contributed by atoms with E-state index in [9.17, 15) is 14.3 Å². The van der Waals surface area contributed by atoms with Gasteiger partial charge in [-0.25, -0.2) is 0 Å². The summed E-state index contributed by atoms with van der Waals surface area (Å²) in [6.45, 7) is 0. The third-order valence-corrected chi connectivity index (χ3v) is 3.67. The van der Waals surface area contributed by atoms with Gasteiger partial charge >= 0.3 is 5.97 Å². The van der Waals surface area contributed by atoms with Crippen molar-refractivity contribution in [3.05, 3.63) is 30.3 Å². The Labute approximate surface area is 87.8 Å². The SMILES string of the molecule is O=C(O)CCP(=O)([O-])c1ccccc1.[NH4+]. The van der Waals surface area contributed by atoms with Gasteiger partial charge in [-0.05, 0) is 5.30 Å². The molecule has 6 heteroatoms. The molecule has 1 unspecified atom stereocenters. The lowest BCUT2D eigenvalue weighted by atomic mass is 10.4. The van der Waals surface area contributed by atoms with Crippen molar-refractivity contribution in [3.63, 3.8) is 0 Å². The molecule has 5 nitrogen and oxygen atoms in total. The van der Waals surface area contributed by atoms with Crippen LogP contribution in [-0.4, -0.2) is 17.2 Å². The molecule has 15 heavy (non-hydrogen) atoms. The number of hydrogen-bond acceptors (Lipinski definition) is 3. The molecule has 1 atom stereocenters. The number of aliphatic carboxylic acids is 1. The monoisotopic (exact) mass is 231 g/mol. The second-order valence-corrected chi connectivity index (χ2v) is 5.19. The molecule has 0 saturated carbocycles. The highest BCUT2D eigenvalue weighted by Gasteiger charge is 2.12. The molecule has 0 saturated heterocycles. The second-order valence-electron chi connectivity index (χ2n) is 2.88. The number of rotatable bonds is 4. The fraction of sp³-hybridized carbons (Fsp3) is 0.222. The van der Waals surface area contributed by atoms with Gasteiger partial charge < -0.3 is 20.7 Å². The van der Waals surface area contributed by atoms with E-state index in [1.165, 1.54) is 12.1 Å². The first-order valence-electron chi connectivity index (χ1n) is 4.10. The summed E-state index contributed by atoms with van der Waals surface area (Å²) in [5, 5.41) is 8.56. The van der Waals surface area contributed by atoms with Gasteiger partial charge in [0.1, 0.15) is 0 Å². The molecule has 0 aliphatic rings. The van der Waals surface area contributed by atoms with E-state index in [0.29, 0.717) is 0 Å². The molecular weight excluding hydrogens is 217 g/mol. The zero-order valence-electron chi connectivity index (χ0n) is 8.42. The third kappa shape index (κ3) is 4.25. The number of hydrogen-bond donors (Lipinski definition) is 2. The van der Waals surface area contributed by atoms with Crippen LogP contribution in [0.1, 0.15) is 6.42 Å². The van der Waals surface area contributed by atoms with Crippen LogP contribution in [0, 0.1) is 0 Å². The summed E-state index contributed by atoms with van der Waals surface area (Å²) < 4.78 is 11.5. The summed E-state index contributed by atoms with van der Waals surface area (Å²) in [5.41, 5.74) is 0. The maximum atomic E-state index is 11.5. The normalized spacial score (nSPS) is 13.7. The minimum absolute atomic E-state index is 0. The maximum Gasteiger partial charge on any atom is 0.303 e. The van der Waals surface area contributed by atoms with Gasteiger partial charge in [0.2, 0.25) is 0 Å². The van der Waals surface area contributed by atoms with Crippen molar-refractivity contribution in [2.45, 2.75) is 6.42 Å². The summed E-state index contributed by atoms with van der Waals surface area (Å²) >= 11 is 0. The van der Waals surface area contributed by atoms with Gasteiger partial charge in [0.25, 0.3) is 0 Å². The van der Waals surface area contributed by atoms with Crippen LogP contribution in [0.5, 0.6) is 0 Å². The highest BCUT2D eigenvalue weighted by molar-refractivity contribution is 7.64. The zero-order valence-corrected chi connectivity index (χ0v) is 9.31. The number of carbonyl (C=O) groups is 1. The lowest BCUT2D eigenvalue weighted by molar-refractivity contribution is -0.171. The standard InChI is InChI=1S/C9H11O4P.H3N/c10-9(11)6-7-14(12,13)8-4-2-1-3-5-8;/h1-5H,6-7H2,(H,10,11)(H,12,13);1H3. The van der Waals surface area contributed by atoms with E-state index in [2.05, 4.69) is 0 Å². The van der Waals surface area contributed by atoms with E-state index < -0.39 is 13.3 Å². The Morgan fingerprint density at radius 1 is 1.33 bits per heavy atom. The molecule has 0 spiro atoms. The van der Waals surface area contributed by atoms with Crippen molar-refractivity contribution in [1.82, 2.24) is 6.15 Å². The Kier molecular flexibility index (Phi) is 5.22. The van der Waals surface area contributed by atoms with Crippen LogP contribution in [-0.2, 0) is 9.36 Å². The molecule has 0 bridgehead atoms. The molecule has 1 rings (SSSR count). The van der Waals surface area contributed by atoms with E-state index in [1.54, 1.807) is 18.2 Å². The summed E-state index contributed by atoms with van der Waals surface area (Å²) in [5.74, 6) is -1.10. The first kappa shape index (κ1) is 13.8. The van der Waals surface area contributed by atoms with Crippen LogP contribution in [0.3, 0.4) is 0 Å². The lowest BCUT2D eigenvalue weighted by Gasteiger charge is -2.22. The van der Waals surface area contributed by atoms with Crippen molar-refractivity contribution < 1.29 is 19.4 Å². The maximum absolute atomic E-state index is 11.5. The van der Waals surface area contributed by atoms with Gasteiger partial charge in [0, 0.05) is 13.5 Å². The van der Waals surface area contributed by atoms with Crippen molar-refractivity contribution in [1.29, 1.82) is 0 Å². The number of carboxylic acids is 1. The van der Waals surface area contributed by atoms with Gasteiger partial charge in [-0.2, -0.15) is 0 Å². The molecule has 0 aliphatic carbocycles. The Bertz CT molecular complexity index is 366. The van der Waals surface area contributed by atoms with E-state index in [1.807, 2.05) is 0 Å². The highest BCUT2D eigenvalue weighted by Crippen LogP contribution is 2.34. The lowest BCUT2D eigenvalue weighted by Crippen LogP contribution is -2.19. The van der Waals surface area contributed by atoms with E-state index in [0.717, 1.165) is 0 Å². The molecule has 0 aliphatic heterocycles. The van der Waals surface area contributed by atoms with Crippen LogP contribution in [0.25, 0.3) is 0 Å². The molecule has 0 heterocycles. The van der Waals surface area contributed by atoms with E-state index in [4.69, 9.17) is 5.11 Å². The fourth-order valence-electron chi connectivity index (χ4n) is 1.03. The van der Waals surface area contributed by atoms with Gasteiger partial charge in [0.15, 0.2) is 0 Å². The molecule has 0 aromatic heterocycles. The van der Waals surface area contributed by atoms with Gasteiger partial charge in [-0.3, -0.25) is 4.79 Å². The first-order chi connectivity index (χ1) is 6.52. The summed E-state index contributed by atoms with van der Waals surface area (Å²) in [7, 11) is -3.73. The smallest absolute Gasteiger partial charge is 0.303 e. The van der Waals surface area contributed by atoms with Crippen LogP contribution in [0.4, 0.5) is 0 Å². The minimum atomic E-state index is -3.73. The summed E-state index contributed by atoms with van der Waals surface area (Å²) in [6, 6.07) is 7.87. The number of quaternary nitrogens is 1. The van der Waals surface area contributed by atoms with E-state index in [-0.39, 0.29) is 24.0 Å². The quantitative estimate of drug-likeness (QED) is 0.745. The zero-order chi connectivity index (χ0) is 10.6. The largest absolute Gasteiger partial charge is 0.796 e. The molecule has 0 fully saturated rings. The Morgan fingerprint density at radius 2 is 1.87 bits per heavy atom. The molecule has 0 amide bonds. The van der Waals surface area contributed by atoms with Crippen LogP contribution < -0.4 is 16.3 Å². The van der Waals surface area contributed by atoms with Crippen molar-refractivity contribution in [2.75, 3.05) is 6.16 Å². The van der Waals surface area contributed by atoms with Crippen LogP contribution in [0.2, 0.25) is 0 Å². The molecule has 1 aromatic carbocycles. The van der Waals surface area contributed by atoms with Crippen LogP contribution in [0.15, 0.2) is 30.3 Å².